The Morgan fingerprint density at radius 3 is 2.78 bits per heavy atom. The molecule has 0 radical (unpaired) electrons. The molecule has 18 heavy (non-hydrogen) atoms. The van der Waals surface area contributed by atoms with E-state index in [2.05, 4.69) is 5.32 Å². The minimum Gasteiger partial charge on any atom is -0.496 e. The highest BCUT2D eigenvalue weighted by molar-refractivity contribution is 5.56. The highest BCUT2D eigenvalue weighted by Gasteiger charge is 2.09. The van der Waals surface area contributed by atoms with E-state index in [-0.39, 0.29) is 18.9 Å². The lowest BCUT2D eigenvalue weighted by molar-refractivity contribution is -0.384. The maximum atomic E-state index is 10.7. The van der Waals surface area contributed by atoms with Gasteiger partial charge in [-0.3, -0.25) is 10.1 Å². The molecular formula is C11H16N2O5. The zero-order chi connectivity index (χ0) is 13.4. The number of nitrogens with one attached hydrogen (secondary N) is 1. The van der Waals surface area contributed by atoms with E-state index < -0.39 is 4.92 Å². The van der Waals surface area contributed by atoms with Crippen LogP contribution in [0.4, 0.5) is 11.4 Å². The first-order chi connectivity index (χ1) is 8.67. The molecule has 0 aliphatic carbocycles. The van der Waals surface area contributed by atoms with Crippen molar-refractivity contribution in [2.75, 3.05) is 38.8 Å². The predicted octanol–water partition coefficient (Wildman–Crippen LogP) is 1.02. The molecule has 1 rings (SSSR count). The van der Waals surface area contributed by atoms with Crippen LogP contribution in [0, 0.1) is 10.1 Å². The Hall–Kier alpha value is -1.86. The Morgan fingerprint density at radius 1 is 1.39 bits per heavy atom. The van der Waals surface area contributed by atoms with Gasteiger partial charge >= 0.3 is 0 Å². The van der Waals surface area contributed by atoms with Gasteiger partial charge < -0.3 is 19.9 Å². The second kappa shape index (κ2) is 7.46. The highest BCUT2D eigenvalue weighted by Crippen LogP contribution is 2.25. The van der Waals surface area contributed by atoms with E-state index in [0.717, 1.165) is 0 Å². The smallest absolute Gasteiger partial charge is 0.275 e. The van der Waals surface area contributed by atoms with Gasteiger partial charge in [-0.05, 0) is 0 Å². The van der Waals surface area contributed by atoms with Crippen molar-refractivity contribution in [2.24, 2.45) is 0 Å². The minimum absolute atomic E-state index is 0.0232. The lowest BCUT2D eigenvalue weighted by Crippen LogP contribution is -2.11. The number of hydrogen-bond acceptors (Lipinski definition) is 6. The third-order valence-corrected chi connectivity index (χ3v) is 2.15. The molecule has 7 nitrogen and oxygen atoms in total. The molecule has 2 N–H and O–H groups in total. The minimum atomic E-state index is -0.476. The molecular weight excluding hydrogens is 240 g/mol. The van der Waals surface area contributed by atoms with E-state index in [4.69, 9.17) is 14.6 Å². The summed E-state index contributed by atoms with van der Waals surface area (Å²) in [6, 6.07) is 4.45. The van der Waals surface area contributed by atoms with E-state index in [1.54, 1.807) is 6.07 Å². The number of aliphatic hydroxyl groups excluding tert-OH is 1. The summed E-state index contributed by atoms with van der Waals surface area (Å²) in [4.78, 5) is 10.2. The van der Waals surface area contributed by atoms with Crippen molar-refractivity contribution in [1.82, 2.24) is 0 Å². The molecule has 1 aromatic rings. The fourth-order valence-electron chi connectivity index (χ4n) is 1.34. The second-order valence-electron chi connectivity index (χ2n) is 3.44. The summed E-state index contributed by atoms with van der Waals surface area (Å²) < 4.78 is 10.0. The highest BCUT2D eigenvalue weighted by atomic mass is 16.6. The van der Waals surface area contributed by atoms with Crippen LogP contribution in [0.5, 0.6) is 5.75 Å². The van der Waals surface area contributed by atoms with Crippen LogP contribution in [0.15, 0.2) is 18.2 Å². The predicted molar refractivity (Wildman–Crippen MR) is 66.0 cm³/mol. The zero-order valence-electron chi connectivity index (χ0n) is 10.1. The summed E-state index contributed by atoms with van der Waals surface area (Å²) in [5, 5.41) is 22.2. The van der Waals surface area contributed by atoms with Crippen molar-refractivity contribution >= 4 is 11.4 Å². The van der Waals surface area contributed by atoms with E-state index in [1.807, 2.05) is 0 Å². The summed E-state index contributed by atoms with van der Waals surface area (Å²) in [6.45, 7) is 1.15. The average molecular weight is 256 g/mol. The van der Waals surface area contributed by atoms with Crippen LogP contribution in [0.1, 0.15) is 0 Å². The molecule has 0 unspecified atom stereocenters. The van der Waals surface area contributed by atoms with E-state index in [9.17, 15) is 10.1 Å². The molecule has 1 aromatic carbocycles. The zero-order valence-corrected chi connectivity index (χ0v) is 10.1. The quantitative estimate of drug-likeness (QED) is 0.410. The fourth-order valence-corrected chi connectivity index (χ4v) is 1.34. The van der Waals surface area contributed by atoms with Crippen LogP contribution in [0.2, 0.25) is 0 Å². The molecule has 0 aliphatic heterocycles. The Balaban J connectivity index is 2.58. The number of benzene rings is 1. The van der Waals surface area contributed by atoms with Gasteiger partial charge in [-0.2, -0.15) is 0 Å². The summed E-state index contributed by atoms with van der Waals surface area (Å²) in [5.74, 6) is 0.419. The number of rotatable bonds is 8. The number of ether oxygens (including phenoxy) is 2. The molecule has 7 heteroatoms. The monoisotopic (exact) mass is 256 g/mol. The number of methoxy groups -OCH3 is 1. The van der Waals surface area contributed by atoms with Gasteiger partial charge in [0, 0.05) is 24.4 Å². The topological polar surface area (TPSA) is 93.9 Å². The number of nitrogens with zero attached hydrogens (tertiary/aromatic N) is 1. The van der Waals surface area contributed by atoms with Crippen LogP contribution in [-0.2, 0) is 4.74 Å². The molecule has 0 heterocycles. The van der Waals surface area contributed by atoms with Crippen molar-refractivity contribution < 1.29 is 19.5 Å². The van der Waals surface area contributed by atoms with Gasteiger partial charge in [0.05, 0.1) is 37.9 Å². The number of aliphatic hydroxyl groups is 1. The van der Waals surface area contributed by atoms with Crippen LogP contribution in [0.25, 0.3) is 0 Å². The maximum absolute atomic E-state index is 10.7. The maximum Gasteiger partial charge on any atom is 0.275 e. The molecule has 0 atom stereocenters. The number of non-ortho nitro benzene ring substituents is 1. The lowest BCUT2D eigenvalue weighted by atomic mass is 10.2. The normalized spacial score (nSPS) is 10.1. The molecule has 0 bridgehead atoms. The van der Waals surface area contributed by atoms with Gasteiger partial charge in [-0.25, -0.2) is 0 Å². The van der Waals surface area contributed by atoms with Gasteiger partial charge in [0.1, 0.15) is 5.75 Å². The molecule has 0 saturated carbocycles. The van der Waals surface area contributed by atoms with Crippen molar-refractivity contribution in [3.05, 3.63) is 28.3 Å². The molecule has 0 aromatic heterocycles. The van der Waals surface area contributed by atoms with Crippen LogP contribution in [-0.4, -0.2) is 43.5 Å². The Bertz CT molecular complexity index is 397. The summed E-state index contributed by atoms with van der Waals surface area (Å²) in [5.41, 5.74) is 0.557. The molecule has 0 fully saturated rings. The Morgan fingerprint density at radius 2 is 2.17 bits per heavy atom. The molecule has 0 amide bonds. The van der Waals surface area contributed by atoms with Gasteiger partial charge in [-0.1, -0.05) is 0 Å². The first kappa shape index (κ1) is 14.2. The third-order valence-electron chi connectivity index (χ3n) is 2.15. The number of nitro benzene ring substituents is 1. The summed E-state index contributed by atoms with van der Waals surface area (Å²) in [7, 11) is 1.45. The Labute approximate surface area is 104 Å². The molecule has 0 spiro atoms. The van der Waals surface area contributed by atoms with E-state index in [1.165, 1.54) is 19.2 Å². The van der Waals surface area contributed by atoms with Crippen molar-refractivity contribution in [2.45, 2.75) is 0 Å². The third kappa shape index (κ3) is 4.56. The lowest BCUT2D eigenvalue weighted by Gasteiger charge is -2.08. The van der Waals surface area contributed by atoms with E-state index >= 15 is 0 Å². The standard InChI is InChI=1S/C11H16N2O5/c1-17-11-7-9(6-10(8-11)13(15)16)12-2-4-18-5-3-14/h6-8,12,14H,2-5H2,1H3. The van der Waals surface area contributed by atoms with Crippen LogP contribution >= 0.6 is 0 Å². The molecule has 0 aliphatic rings. The van der Waals surface area contributed by atoms with E-state index in [0.29, 0.717) is 24.6 Å². The van der Waals surface area contributed by atoms with Crippen molar-refractivity contribution in [3.63, 3.8) is 0 Å². The number of hydrogen-bond donors (Lipinski definition) is 2. The summed E-state index contributed by atoms with van der Waals surface area (Å²) in [6.07, 6.45) is 0. The number of nitro groups is 1. The molecule has 100 valence electrons. The van der Waals surface area contributed by atoms with Gasteiger partial charge in [0.2, 0.25) is 0 Å². The van der Waals surface area contributed by atoms with Crippen molar-refractivity contribution in [3.8, 4) is 5.75 Å². The van der Waals surface area contributed by atoms with Gasteiger partial charge in [0.15, 0.2) is 0 Å². The molecule has 0 saturated heterocycles. The number of anilines is 1. The SMILES string of the molecule is COc1cc(NCCOCCO)cc([N+](=O)[O-])c1. The van der Waals surface area contributed by atoms with Gasteiger partial charge in [-0.15, -0.1) is 0 Å². The largest absolute Gasteiger partial charge is 0.496 e. The van der Waals surface area contributed by atoms with Crippen LogP contribution in [0.3, 0.4) is 0 Å². The average Bonchev–Trinajstić information content (AvgIpc) is 2.38. The second-order valence-corrected chi connectivity index (χ2v) is 3.44. The van der Waals surface area contributed by atoms with Crippen molar-refractivity contribution in [1.29, 1.82) is 0 Å². The fraction of sp³-hybridized carbons (Fsp3) is 0.455. The van der Waals surface area contributed by atoms with Gasteiger partial charge in [0.25, 0.3) is 5.69 Å². The Kier molecular flexibility index (Phi) is 5.89. The first-order valence-electron chi connectivity index (χ1n) is 5.43. The first-order valence-corrected chi connectivity index (χ1v) is 5.43. The summed E-state index contributed by atoms with van der Waals surface area (Å²) >= 11 is 0. The van der Waals surface area contributed by atoms with Crippen LogP contribution < -0.4 is 10.1 Å².